The Morgan fingerprint density at radius 2 is 1.62 bits per heavy atom. The molecule has 4 rings (SSSR count). The number of cyclic esters (lactones) is 2. The van der Waals surface area contributed by atoms with Gasteiger partial charge >= 0.3 is 24.1 Å². The number of carbonyl (C=O) groups is 5. The molecular formula is C34H36N2O11. The van der Waals surface area contributed by atoms with Gasteiger partial charge in [-0.05, 0) is 24.5 Å². The van der Waals surface area contributed by atoms with Crippen LogP contribution in [0.4, 0.5) is 4.79 Å². The van der Waals surface area contributed by atoms with Crippen LogP contribution in [0.15, 0.2) is 72.9 Å². The maximum atomic E-state index is 13.5. The van der Waals surface area contributed by atoms with E-state index in [1.165, 1.54) is 26.3 Å². The molecule has 13 heteroatoms. The fourth-order valence-electron chi connectivity index (χ4n) is 4.66. The lowest BCUT2D eigenvalue weighted by molar-refractivity contribution is -0.176. The Balaban J connectivity index is 1.54. The highest BCUT2D eigenvalue weighted by Gasteiger charge is 2.42. The van der Waals surface area contributed by atoms with E-state index in [0.29, 0.717) is 5.56 Å². The van der Waals surface area contributed by atoms with Crippen molar-refractivity contribution >= 4 is 30.0 Å². The number of hydrogen-bond donors (Lipinski definition) is 1. The van der Waals surface area contributed by atoms with Crippen molar-refractivity contribution in [3.8, 4) is 11.5 Å². The van der Waals surface area contributed by atoms with E-state index < -0.39 is 72.4 Å². The fourth-order valence-corrected chi connectivity index (χ4v) is 4.66. The van der Waals surface area contributed by atoms with Gasteiger partial charge in [-0.2, -0.15) is 0 Å². The highest BCUT2D eigenvalue weighted by molar-refractivity contribution is 5.98. The molecule has 2 aromatic carbocycles. The minimum Gasteiger partial charge on any atom is -0.493 e. The Morgan fingerprint density at radius 1 is 0.957 bits per heavy atom. The van der Waals surface area contributed by atoms with Gasteiger partial charge in [0.2, 0.25) is 5.75 Å². The number of hydrogen-bond acceptors (Lipinski definition) is 12. The zero-order valence-corrected chi connectivity index (χ0v) is 26.4. The summed E-state index contributed by atoms with van der Waals surface area (Å²) in [5.74, 6) is -5.21. The molecule has 0 spiro atoms. The van der Waals surface area contributed by atoms with E-state index >= 15 is 0 Å². The van der Waals surface area contributed by atoms with Gasteiger partial charge in [-0.3, -0.25) is 14.4 Å². The number of nitrogens with one attached hydrogen (secondary N) is 1. The molecule has 1 aromatic heterocycles. The number of nitrogens with zero attached hydrogens (tertiary/aromatic N) is 1. The van der Waals surface area contributed by atoms with Gasteiger partial charge in [0, 0.05) is 12.3 Å². The first kappa shape index (κ1) is 34.4. The molecule has 47 heavy (non-hydrogen) atoms. The Labute approximate surface area is 271 Å². The number of ether oxygens (including phenoxy) is 6. The molecule has 1 fully saturated rings. The molecule has 1 aliphatic rings. The predicted molar refractivity (Wildman–Crippen MR) is 164 cm³/mol. The normalized spacial score (nSPS) is 19.6. The third-order valence-electron chi connectivity index (χ3n) is 7.16. The molecule has 248 valence electrons. The molecule has 4 atom stereocenters. The maximum absolute atomic E-state index is 13.5. The molecule has 2 heterocycles. The second-order valence-corrected chi connectivity index (χ2v) is 11.0. The third-order valence-corrected chi connectivity index (χ3v) is 7.16. The van der Waals surface area contributed by atoms with E-state index in [9.17, 15) is 24.0 Å². The fraction of sp³-hybridized carbons (Fsp3) is 0.353. The second-order valence-electron chi connectivity index (χ2n) is 11.0. The van der Waals surface area contributed by atoms with Crippen molar-refractivity contribution in [2.75, 3.05) is 13.7 Å². The smallest absolute Gasteiger partial charge is 0.493 e. The van der Waals surface area contributed by atoms with Crippen LogP contribution < -0.4 is 14.8 Å². The molecule has 0 saturated carbocycles. The summed E-state index contributed by atoms with van der Waals surface area (Å²) in [4.78, 5) is 69.5. The number of pyridine rings is 1. The number of amides is 1. The van der Waals surface area contributed by atoms with Crippen LogP contribution in [0, 0.1) is 11.8 Å². The highest BCUT2D eigenvalue weighted by atomic mass is 16.7. The van der Waals surface area contributed by atoms with Crippen molar-refractivity contribution < 1.29 is 52.4 Å². The summed E-state index contributed by atoms with van der Waals surface area (Å²) in [5, 5.41) is 2.43. The number of methoxy groups -OCH3 is 1. The zero-order chi connectivity index (χ0) is 33.9. The summed E-state index contributed by atoms with van der Waals surface area (Å²) < 4.78 is 32.5. The molecule has 1 N–H and O–H groups in total. The molecule has 13 nitrogen and oxygen atoms in total. The van der Waals surface area contributed by atoms with E-state index in [2.05, 4.69) is 10.3 Å². The number of rotatable bonds is 10. The van der Waals surface area contributed by atoms with Gasteiger partial charge in [-0.15, -0.1) is 0 Å². The van der Waals surface area contributed by atoms with Gasteiger partial charge in [0.05, 0.1) is 13.0 Å². The van der Waals surface area contributed by atoms with Crippen LogP contribution in [0.25, 0.3) is 0 Å². The number of carbonyl (C=O) groups excluding carboxylic acids is 5. The molecule has 1 aliphatic heterocycles. The molecule has 0 unspecified atom stereocenters. The Bertz CT molecular complexity index is 1560. The Hall–Kier alpha value is -5.46. The maximum Gasteiger partial charge on any atom is 0.514 e. The lowest BCUT2D eigenvalue weighted by Crippen LogP contribution is -2.47. The van der Waals surface area contributed by atoms with Crippen LogP contribution in [0.3, 0.4) is 0 Å². The van der Waals surface area contributed by atoms with Crippen LogP contribution in [-0.2, 0) is 46.4 Å². The molecule has 3 aromatic rings. The van der Waals surface area contributed by atoms with Gasteiger partial charge in [0.1, 0.15) is 25.2 Å². The van der Waals surface area contributed by atoms with Gasteiger partial charge in [0.25, 0.3) is 5.91 Å². The summed E-state index contributed by atoms with van der Waals surface area (Å²) >= 11 is 0. The molecule has 1 amide bonds. The first-order valence-corrected chi connectivity index (χ1v) is 14.9. The van der Waals surface area contributed by atoms with Crippen LogP contribution in [0.1, 0.15) is 42.4 Å². The standard InChI is InChI=1S/C34H36N2O11/c1-20(2)31(38)46-28-21(3)45-33(40)25(19-43-32(39)24(28)17-22-11-7-5-8-12-22)36-30(37)27-29(26(42-4)15-16-35-27)47-34(41)44-18-23-13-9-6-10-14-23/h5-16,20-21,24-25,28H,17-19H2,1-4H3,(H,36,37)/t21-,24+,25-,28-/m0/s1. The number of esters is 3. The second kappa shape index (κ2) is 16.2. The summed E-state index contributed by atoms with van der Waals surface area (Å²) in [6.07, 6.45) is -2.05. The zero-order valence-electron chi connectivity index (χ0n) is 26.4. The monoisotopic (exact) mass is 648 g/mol. The van der Waals surface area contributed by atoms with Crippen LogP contribution in [0.5, 0.6) is 11.5 Å². The van der Waals surface area contributed by atoms with Crippen molar-refractivity contribution in [3.05, 3.63) is 89.7 Å². The summed E-state index contributed by atoms with van der Waals surface area (Å²) in [5.41, 5.74) is 1.05. The Morgan fingerprint density at radius 3 is 2.26 bits per heavy atom. The van der Waals surface area contributed by atoms with E-state index in [1.807, 2.05) is 12.1 Å². The Kier molecular flexibility index (Phi) is 11.9. The average molecular weight is 649 g/mol. The van der Waals surface area contributed by atoms with Crippen LogP contribution in [0.2, 0.25) is 0 Å². The first-order valence-electron chi connectivity index (χ1n) is 14.9. The quantitative estimate of drug-likeness (QED) is 0.250. The van der Waals surface area contributed by atoms with Crippen molar-refractivity contribution in [2.45, 2.75) is 52.0 Å². The first-order chi connectivity index (χ1) is 22.6. The van der Waals surface area contributed by atoms with E-state index in [1.54, 1.807) is 62.4 Å². The lowest BCUT2D eigenvalue weighted by atomic mass is 9.91. The largest absolute Gasteiger partial charge is 0.514 e. The van der Waals surface area contributed by atoms with Crippen molar-refractivity contribution in [3.63, 3.8) is 0 Å². The highest BCUT2D eigenvalue weighted by Crippen LogP contribution is 2.30. The molecule has 1 saturated heterocycles. The lowest BCUT2D eigenvalue weighted by Gasteiger charge is -2.29. The van der Waals surface area contributed by atoms with Crippen LogP contribution >= 0.6 is 0 Å². The summed E-state index contributed by atoms with van der Waals surface area (Å²) in [6, 6.07) is 17.8. The molecular weight excluding hydrogens is 612 g/mol. The van der Waals surface area contributed by atoms with Gasteiger partial charge in [-0.1, -0.05) is 74.5 Å². The van der Waals surface area contributed by atoms with Crippen molar-refractivity contribution in [1.82, 2.24) is 10.3 Å². The molecule has 0 radical (unpaired) electrons. The van der Waals surface area contributed by atoms with E-state index in [-0.39, 0.29) is 24.5 Å². The van der Waals surface area contributed by atoms with Gasteiger partial charge in [0.15, 0.2) is 23.6 Å². The van der Waals surface area contributed by atoms with E-state index in [0.717, 1.165) is 5.56 Å². The van der Waals surface area contributed by atoms with Gasteiger partial charge < -0.3 is 33.7 Å². The molecule has 0 bridgehead atoms. The number of benzene rings is 2. The minimum absolute atomic E-state index is 0.0162. The average Bonchev–Trinajstić information content (AvgIpc) is 3.10. The van der Waals surface area contributed by atoms with Crippen LogP contribution in [-0.4, -0.2) is 66.9 Å². The SMILES string of the molecule is COc1ccnc(C(=O)N[C@H]2COC(=O)[C@H](Cc3ccccc3)[C@@H](OC(=O)C(C)C)[C@H](C)OC2=O)c1OC(=O)OCc1ccccc1. The topological polar surface area (TPSA) is 166 Å². The number of aromatic nitrogens is 1. The molecule has 0 aliphatic carbocycles. The minimum atomic E-state index is -1.50. The third kappa shape index (κ3) is 9.28. The van der Waals surface area contributed by atoms with Crippen molar-refractivity contribution in [1.29, 1.82) is 0 Å². The summed E-state index contributed by atoms with van der Waals surface area (Å²) in [6.45, 7) is 4.06. The summed E-state index contributed by atoms with van der Waals surface area (Å²) in [7, 11) is 1.30. The van der Waals surface area contributed by atoms with E-state index in [4.69, 9.17) is 28.4 Å². The van der Waals surface area contributed by atoms with Crippen molar-refractivity contribution in [2.24, 2.45) is 11.8 Å². The predicted octanol–water partition coefficient (Wildman–Crippen LogP) is 3.82. The van der Waals surface area contributed by atoms with Gasteiger partial charge in [-0.25, -0.2) is 14.6 Å².